The van der Waals surface area contributed by atoms with Gasteiger partial charge in [-0.15, -0.1) is 0 Å². The van der Waals surface area contributed by atoms with Crippen LogP contribution in [0.2, 0.25) is 0 Å². The molecule has 0 radical (unpaired) electrons. The first-order valence-electron chi connectivity index (χ1n) is 10.3. The van der Waals surface area contributed by atoms with Gasteiger partial charge < -0.3 is 24.8 Å². The van der Waals surface area contributed by atoms with E-state index in [-0.39, 0.29) is 22.6 Å². The van der Waals surface area contributed by atoms with Gasteiger partial charge in [-0.25, -0.2) is 4.79 Å². The number of aryl methyl sites for hydroxylation is 1. The molecular formula is C25H30O6. The van der Waals surface area contributed by atoms with E-state index in [1.165, 1.54) is 24.5 Å². The highest BCUT2D eigenvalue weighted by atomic mass is 16.6. The zero-order valence-corrected chi connectivity index (χ0v) is 17.8. The van der Waals surface area contributed by atoms with Crippen molar-refractivity contribution >= 4 is 5.97 Å². The summed E-state index contributed by atoms with van der Waals surface area (Å²) in [6, 6.07) is 12.8. The van der Waals surface area contributed by atoms with Crippen molar-refractivity contribution in [1.82, 2.24) is 0 Å². The molecule has 0 spiro atoms. The van der Waals surface area contributed by atoms with Gasteiger partial charge in [-0.2, -0.15) is 0 Å². The Hall–Kier alpha value is -2.93. The molecule has 0 saturated carbocycles. The first-order chi connectivity index (χ1) is 14.9. The van der Waals surface area contributed by atoms with Crippen molar-refractivity contribution < 1.29 is 29.6 Å². The van der Waals surface area contributed by atoms with Gasteiger partial charge >= 0.3 is 5.97 Å². The molecule has 0 heterocycles. The first-order valence-corrected chi connectivity index (χ1v) is 10.3. The Morgan fingerprint density at radius 2 is 1.65 bits per heavy atom. The van der Waals surface area contributed by atoms with Crippen LogP contribution in [0.15, 0.2) is 66.8 Å². The molecule has 0 aliphatic carbocycles. The molecule has 31 heavy (non-hydrogen) atoms. The second kappa shape index (κ2) is 12.1. The second-order valence-corrected chi connectivity index (χ2v) is 7.28. The van der Waals surface area contributed by atoms with Crippen LogP contribution >= 0.6 is 0 Å². The number of hydrogen-bond acceptors (Lipinski definition) is 6. The van der Waals surface area contributed by atoms with Crippen LogP contribution < -0.4 is 9.47 Å². The van der Waals surface area contributed by atoms with Gasteiger partial charge in [0.2, 0.25) is 6.29 Å². The Morgan fingerprint density at radius 1 is 0.968 bits per heavy atom. The minimum absolute atomic E-state index is 0.0852. The number of unbranched alkanes of at least 4 members (excludes halogenated alkanes) is 2. The summed E-state index contributed by atoms with van der Waals surface area (Å²) in [6.07, 6.45) is 3.09. The summed E-state index contributed by atoms with van der Waals surface area (Å²) in [4.78, 5) is 12.0. The Bertz CT molecular complexity index is 901. The lowest BCUT2D eigenvalue weighted by atomic mass is 10.0. The molecule has 0 aromatic heterocycles. The number of benzene rings is 2. The van der Waals surface area contributed by atoms with Gasteiger partial charge in [0.1, 0.15) is 11.5 Å². The molecule has 2 aromatic rings. The average Bonchev–Trinajstić information content (AvgIpc) is 2.78. The van der Waals surface area contributed by atoms with Crippen molar-refractivity contribution in [2.24, 2.45) is 0 Å². The van der Waals surface area contributed by atoms with Crippen molar-refractivity contribution in [3.05, 3.63) is 72.3 Å². The van der Waals surface area contributed by atoms with Crippen LogP contribution in [-0.4, -0.2) is 40.8 Å². The lowest BCUT2D eigenvalue weighted by molar-refractivity contribution is -0.130. The van der Waals surface area contributed by atoms with E-state index in [0.29, 0.717) is 5.56 Å². The van der Waals surface area contributed by atoms with Gasteiger partial charge in [-0.1, -0.05) is 57.2 Å². The monoisotopic (exact) mass is 426 g/mol. The molecule has 3 N–H and O–H groups in total. The fourth-order valence-electron chi connectivity index (χ4n) is 2.84. The summed E-state index contributed by atoms with van der Waals surface area (Å²) in [6.45, 7) is 8.23. The molecular weight excluding hydrogens is 396 g/mol. The first kappa shape index (κ1) is 24.3. The Labute approximate surface area is 183 Å². The Balaban J connectivity index is 2.32. The molecule has 6 heteroatoms. The van der Waals surface area contributed by atoms with Gasteiger partial charge in [0.05, 0.1) is 18.8 Å². The standard InChI is InChI=1S/C25H30O6/c1-4-5-6-7-19-8-10-20(11-9-19)21-12-22(30-24(28)17(2)15-26)14-23(13-21)31-25(29)18(3)16-27/h8-14,24,26-28H,2-7,15-16H2,1H3. The van der Waals surface area contributed by atoms with Crippen LogP contribution in [0.1, 0.15) is 31.7 Å². The van der Waals surface area contributed by atoms with Gasteiger partial charge in [0, 0.05) is 11.6 Å². The minimum Gasteiger partial charge on any atom is -0.461 e. The van der Waals surface area contributed by atoms with Crippen LogP contribution in [0, 0.1) is 0 Å². The number of aliphatic hydroxyl groups is 3. The van der Waals surface area contributed by atoms with Crippen molar-refractivity contribution in [3.63, 3.8) is 0 Å². The molecule has 0 aliphatic heterocycles. The van der Waals surface area contributed by atoms with E-state index >= 15 is 0 Å². The third-order valence-corrected chi connectivity index (χ3v) is 4.73. The van der Waals surface area contributed by atoms with E-state index in [0.717, 1.165) is 18.4 Å². The van der Waals surface area contributed by atoms with Crippen LogP contribution in [0.4, 0.5) is 0 Å². The highest BCUT2D eigenvalue weighted by Crippen LogP contribution is 2.31. The molecule has 166 valence electrons. The third-order valence-electron chi connectivity index (χ3n) is 4.73. The van der Waals surface area contributed by atoms with Crippen LogP contribution in [-0.2, 0) is 11.2 Å². The topological polar surface area (TPSA) is 96.2 Å². The summed E-state index contributed by atoms with van der Waals surface area (Å²) in [5.74, 6) is -0.373. The van der Waals surface area contributed by atoms with Crippen LogP contribution in [0.25, 0.3) is 11.1 Å². The number of esters is 1. The van der Waals surface area contributed by atoms with Crippen LogP contribution in [0.3, 0.4) is 0 Å². The zero-order valence-electron chi connectivity index (χ0n) is 17.8. The summed E-state index contributed by atoms with van der Waals surface area (Å²) >= 11 is 0. The maximum absolute atomic E-state index is 12.0. The highest BCUT2D eigenvalue weighted by molar-refractivity contribution is 5.90. The highest BCUT2D eigenvalue weighted by Gasteiger charge is 2.15. The number of rotatable bonds is 12. The molecule has 6 nitrogen and oxygen atoms in total. The van der Waals surface area contributed by atoms with Gasteiger partial charge in [0.15, 0.2) is 0 Å². The van der Waals surface area contributed by atoms with Crippen molar-refractivity contribution in [2.45, 2.75) is 38.9 Å². The lowest BCUT2D eigenvalue weighted by Gasteiger charge is -2.17. The van der Waals surface area contributed by atoms with E-state index in [4.69, 9.17) is 19.7 Å². The summed E-state index contributed by atoms with van der Waals surface area (Å²) in [7, 11) is 0. The molecule has 1 atom stereocenters. The predicted molar refractivity (Wildman–Crippen MR) is 120 cm³/mol. The minimum atomic E-state index is -1.42. The maximum atomic E-state index is 12.0. The molecule has 2 rings (SSSR count). The van der Waals surface area contributed by atoms with E-state index in [1.54, 1.807) is 12.1 Å². The second-order valence-electron chi connectivity index (χ2n) is 7.28. The van der Waals surface area contributed by atoms with Crippen molar-refractivity contribution in [1.29, 1.82) is 0 Å². The fourth-order valence-corrected chi connectivity index (χ4v) is 2.84. The number of aliphatic hydroxyl groups excluding tert-OH is 3. The van der Waals surface area contributed by atoms with Gasteiger partial charge in [-0.05, 0) is 41.7 Å². The number of carbonyl (C=O) groups excluding carboxylic acids is 1. The molecule has 0 aliphatic rings. The lowest BCUT2D eigenvalue weighted by Crippen LogP contribution is -2.20. The number of hydrogen-bond donors (Lipinski definition) is 3. The van der Waals surface area contributed by atoms with Gasteiger partial charge in [0.25, 0.3) is 0 Å². The molecule has 1 unspecified atom stereocenters. The molecule has 0 saturated heterocycles. The SMILES string of the molecule is C=C(CO)C(=O)Oc1cc(OC(O)C(=C)CO)cc(-c2ccc(CCCCC)cc2)c1. The molecule has 0 amide bonds. The van der Waals surface area contributed by atoms with Crippen molar-refractivity contribution in [2.75, 3.05) is 13.2 Å². The summed E-state index contributed by atoms with van der Waals surface area (Å²) in [5.41, 5.74) is 2.83. The molecule has 2 aromatic carbocycles. The van der Waals surface area contributed by atoms with E-state index in [1.807, 2.05) is 12.1 Å². The fraction of sp³-hybridized carbons (Fsp3) is 0.320. The molecule has 0 bridgehead atoms. The molecule has 0 fully saturated rings. The summed E-state index contributed by atoms with van der Waals surface area (Å²) < 4.78 is 10.8. The predicted octanol–water partition coefficient (Wildman–Crippen LogP) is 3.79. The van der Waals surface area contributed by atoms with Crippen LogP contribution in [0.5, 0.6) is 11.5 Å². The quantitative estimate of drug-likeness (QED) is 0.119. The van der Waals surface area contributed by atoms with Gasteiger partial charge in [-0.3, -0.25) is 0 Å². The largest absolute Gasteiger partial charge is 0.461 e. The van der Waals surface area contributed by atoms with E-state index < -0.39 is 25.5 Å². The van der Waals surface area contributed by atoms with Crippen molar-refractivity contribution in [3.8, 4) is 22.6 Å². The Kier molecular flexibility index (Phi) is 9.46. The summed E-state index contributed by atoms with van der Waals surface area (Å²) in [5, 5.41) is 28.3. The smallest absolute Gasteiger partial charge is 0.341 e. The third kappa shape index (κ3) is 7.36. The average molecular weight is 427 g/mol. The van der Waals surface area contributed by atoms with E-state index in [9.17, 15) is 9.90 Å². The number of ether oxygens (including phenoxy) is 2. The maximum Gasteiger partial charge on any atom is 0.341 e. The van der Waals surface area contributed by atoms with E-state index in [2.05, 4.69) is 32.2 Å². The number of carbonyl (C=O) groups is 1. The zero-order chi connectivity index (χ0) is 22.8. The normalized spacial score (nSPS) is 11.6. The Morgan fingerprint density at radius 3 is 2.26 bits per heavy atom.